The summed E-state index contributed by atoms with van der Waals surface area (Å²) < 4.78 is 1.18. The van der Waals surface area contributed by atoms with Gasteiger partial charge in [0.05, 0.1) is 0 Å². The minimum atomic E-state index is 0.138. The lowest BCUT2D eigenvalue weighted by molar-refractivity contribution is 1.44. The summed E-state index contributed by atoms with van der Waals surface area (Å²) in [7, 11) is 0. The predicted octanol–water partition coefficient (Wildman–Crippen LogP) is 2.19. The van der Waals surface area contributed by atoms with Crippen molar-refractivity contribution in [2.45, 2.75) is 0 Å². The highest BCUT2D eigenvalue weighted by atomic mass is 32.1. The number of fused-ring (bicyclic) bond motifs is 1. The summed E-state index contributed by atoms with van der Waals surface area (Å²) in [5.74, 6) is 0.138. The van der Waals surface area contributed by atoms with Crippen LogP contribution in [0.5, 0.6) is 0 Å². The lowest BCUT2D eigenvalue weighted by Crippen LogP contribution is -2.10. The van der Waals surface area contributed by atoms with E-state index in [1.807, 2.05) is 29.6 Å². The molecule has 0 spiro atoms. The Morgan fingerprint density at radius 2 is 2.17 bits per heavy atom. The molecule has 12 heavy (non-hydrogen) atoms. The summed E-state index contributed by atoms with van der Waals surface area (Å²) in [6, 6.07) is 7.83. The van der Waals surface area contributed by atoms with Crippen molar-refractivity contribution in [2.75, 3.05) is 0 Å². The molecule has 0 amide bonds. The van der Waals surface area contributed by atoms with Gasteiger partial charge in [0.2, 0.25) is 0 Å². The van der Waals surface area contributed by atoms with Gasteiger partial charge in [-0.05, 0) is 17.5 Å². The highest BCUT2D eigenvalue weighted by Crippen LogP contribution is 2.23. The van der Waals surface area contributed by atoms with E-state index >= 15 is 0 Å². The van der Waals surface area contributed by atoms with Gasteiger partial charge in [0.25, 0.3) is 0 Å². The molecule has 2 aromatic rings. The fourth-order valence-corrected chi connectivity index (χ4v) is 2.04. The van der Waals surface area contributed by atoms with E-state index in [1.54, 1.807) is 11.3 Å². The molecule has 1 aromatic carbocycles. The van der Waals surface area contributed by atoms with Crippen molar-refractivity contribution >= 4 is 27.3 Å². The fraction of sp³-hybridized carbons (Fsp3) is 0. The van der Waals surface area contributed by atoms with Crippen LogP contribution >= 0.6 is 11.3 Å². The first-order valence-electron chi connectivity index (χ1n) is 3.59. The number of nitrogens with two attached hydrogens (primary N) is 1. The molecule has 60 valence electrons. The average Bonchev–Trinajstić information content (AvgIpc) is 2.49. The Kier molecular flexibility index (Phi) is 1.59. The van der Waals surface area contributed by atoms with E-state index in [2.05, 4.69) is 0 Å². The number of benzene rings is 1. The molecule has 0 aliphatic rings. The van der Waals surface area contributed by atoms with Crippen LogP contribution < -0.4 is 5.73 Å². The Bertz CT molecular complexity index is 431. The number of hydrogen-bond donors (Lipinski definition) is 2. The molecule has 1 heterocycles. The molecule has 2 rings (SSSR count). The Hall–Kier alpha value is -1.35. The van der Waals surface area contributed by atoms with E-state index in [1.165, 1.54) is 4.70 Å². The molecule has 0 saturated carbocycles. The van der Waals surface area contributed by atoms with Crippen LogP contribution in [0.25, 0.3) is 10.1 Å². The largest absolute Gasteiger partial charge is 0.384 e. The maximum atomic E-state index is 7.34. The van der Waals surface area contributed by atoms with Crippen LogP contribution in [-0.2, 0) is 0 Å². The van der Waals surface area contributed by atoms with Gasteiger partial charge in [-0.15, -0.1) is 11.3 Å². The monoisotopic (exact) mass is 176 g/mol. The second kappa shape index (κ2) is 2.60. The Labute approximate surface area is 74.1 Å². The number of rotatable bonds is 1. The highest BCUT2D eigenvalue weighted by Gasteiger charge is 2.02. The second-order valence-corrected chi connectivity index (χ2v) is 3.50. The van der Waals surface area contributed by atoms with Gasteiger partial charge in [-0.3, -0.25) is 5.41 Å². The molecule has 0 atom stereocenters. The minimum Gasteiger partial charge on any atom is -0.384 e. The predicted molar refractivity (Wildman–Crippen MR) is 52.8 cm³/mol. The Balaban J connectivity index is 2.82. The third-order valence-corrected chi connectivity index (χ3v) is 2.67. The molecule has 0 radical (unpaired) electrons. The van der Waals surface area contributed by atoms with Crippen molar-refractivity contribution in [1.82, 2.24) is 0 Å². The van der Waals surface area contributed by atoms with E-state index in [0.29, 0.717) is 0 Å². The Morgan fingerprint density at radius 1 is 1.33 bits per heavy atom. The zero-order valence-electron chi connectivity index (χ0n) is 6.37. The third-order valence-electron chi connectivity index (χ3n) is 1.79. The maximum absolute atomic E-state index is 7.34. The summed E-state index contributed by atoms with van der Waals surface area (Å²) in [6.45, 7) is 0. The van der Waals surface area contributed by atoms with Crippen LogP contribution in [0.1, 0.15) is 5.56 Å². The standard InChI is InChI=1S/C9H8N2S/c10-9(11)7-2-1-3-8-6(7)4-5-12-8/h1-5H,(H3,10,11). The van der Waals surface area contributed by atoms with Crippen molar-refractivity contribution in [2.24, 2.45) is 5.73 Å². The lowest BCUT2D eigenvalue weighted by Gasteiger charge is -1.98. The van der Waals surface area contributed by atoms with Gasteiger partial charge in [0, 0.05) is 15.6 Å². The average molecular weight is 176 g/mol. The minimum absolute atomic E-state index is 0.138. The van der Waals surface area contributed by atoms with Crippen LogP contribution in [0.15, 0.2) is 29.6 Å². The number of amidine groups is 1. The van der Waals surface area contributed by atoms with Gasteiger partial charge >= 0.3 is 0 Å². The van der Waals surface area contributed by atoms with Crippen molar-refractivity contribution < 1.29 is 0 Å². The molecule has 3 N–H and O–H groups in total. The zero-order chi connectivity index (χ0) is 8.55. The molecule has 0 fully saturated rings. The van der Waals surface area contributed by atoms with Crippen LogP contribution in [0.2, 0.25) is 0 Å². The van der Waals surface area contributed by atoms with Gasteiger partial charge in [-0.2, -0.15) is 0 Å². The molecule has 1 aromatic heterocycles. The number of hydrogen-bond acceptors (Lipinski definition) is 2. The molecule has 3 heteroatoms. The van der Waals surface area contributed by atoms with E-state index in [-0.39, 0.29) is 5.84 Å². The molecule has 0 saturated heterocycles. The quantitative estimate of drug-likeness (QED) is 0.508. The van der Waals surface area contributed by atoms with Crippen LogP contribution in [0.4, 0.5) is 0 Å². The summed E-state index contributed by atoms with van der Waals surface area (Å²) in [4.78, 5) is 0. The number of nitrogen functional groups attached to an aromatic ring is 1. The summed E-state index contributed by atoms with van der Waals surface area (Å²) in [5.41, 5.74) is 6.25. The summed E-state index contributed by atoms with van der Waals surface area (Å²) >= 11 is 1.67. The number of thiophene rings is 1. The van der Waals surface area contributed by atoms with Gasteiger partial charge < -0.3 is 5.73 Å². The molecule has 0 aliphatic heterocycles. The topological polar surface area (TPSA) is 49.9 Å². The second-order valence-electron chi connectivity index (χ2n) is 2.55. The summed E-state index contributed by atoms with van der Waals surface area (Å²) in [5, 5.41) is 10.4. The van der Waals surface area contributed by atoms with E-state index in [0.717, 1.165) is 10.9 Å². The van der Waals surface area contributed by atoms with Crippen molar-refractivity contribution in [3.63, 3.8) is 0 Å². The molecule has 0 unspecified atom stereocenters. The van der Waals surface area contributed by atoms with Crippen molar-refractivity contribution in [3.8, 4) is 0 Å². The fourth-order valence-electron chi connectivity index (χ4n) is 1.23. The lowest BCUT2D eigenvalue weighted by atomic mass is 10.1. The van der Waals surface area contributed by atoms with Crippen LogP contribution in [-0.4, -0.2) is 5.84 Å². The highest BCUT2D eigenvalue weighted by molar-refractivity contribution is 7.17. The molecular weight excluding hydrogens is 168 g/mol. The van der Waals surface area contributed by atoms with E-state index < -0.39 is 0 Å². The molecular formula is C9H8N2S. The first kappa shape index (κ1) is 7.31. The van der Waals surface area contributed by atoms with Gasteiger partial charge in [-0.1, -0.05) is 12.1 Å². The molecule has 0 bridgehead atoms. The van der Waals surface area contributed by atoms with Crippen LogP contribution in [0, 0.1) is 5.41 Å². The van der Waals surface area contributed by atoms with Crippen LogP contribution in [0.3, 0.4) is 0 Å². The Morgan fingerprint density at radius 3 is 2.92 bits per heavy atom. The first-order valence-corrected chi connectivity index (χ1v) is 4.47. The van der Waals surface area contributed by atoms with Crippen molar-refractivity contribution in [1.29, 1.82) is 5.41 Å². The first-order chi connectivity index (χ1) is 5.79. The zero-order valence-corrected chi connectivity index (χ0v) is 7.19. The van der Waals surface area contributed by atoms with Gasteiger partial charge in [0.15, 0.2) is 0 Å². The van der Waals surface area contributed by atoms with E-state index in [9.17, 15) is 0 Å². The maximum Gasteiger partial charge on any atom is 0.123 e. The van der Waals surface area contributed by atoms with Gasteiger partial charge in [-0.25, -0.2) is 0 Å². The number of nitrogens with one attached hydrogen (secondary N) is 1. The summed E-state index contributed by atoms with van der Waals surface area (Å²) in [6.07, 6.45) is 0. The smallest absolute Gasteiger partial charge is 0.123 e. The van der Waals surface area contributed by atoms with E-state index in [4.69, 9.17) is 11.1 Å². The third kappa shape index (κ3) is 0.987. The molecule has 2 nitrogen and oxygen atoms in total. The SMILES string of the molecule is N=C(N)c1cccc2sccc12. The van der Waals surface area contributed by atoms with Gasteiger partial charge in [0.1, 0.15) is 5.84 Å². The normalized spacial score (nSPS) is 10.3. The van der Waals surface area contributed by atoms with Crippen molar-refractivity contribution in [3.05, 3.63) is 35.2 Å². The molecule has 0 aliphatic carbocycles.